The van der Waals surface area contributed by atoms with Gasteiger partial charge < -0.3 is 9.72 Å². The predicted octanol–water partition coefficient (Wildman–Crippen LogP) is 2.01. The summed E-state index contributed by atoms with van der Waals surface area (Å²) in [4.78, 5) is 38.1. The normalized spacial score (nSPS) is 14.2. The number of hydrogen-bond donors (Lipinski definition) is 1. The summed E-state index contributed by atoms with van der Waals surface area (Å²) >= 11 is 3.02. The second-order valence-electron chi connectivity index (χ2n) is 4.39. The molecule has 0 aromatic carbocycles. The summed E-state index contributed by atoms with van der Waals surface area (Å²) in [6, 6.07) is 1.36. The number of aromatic amines is 1. The Bertz CT molecular complexity index is 574. The number of alkyl halides is 1. The Morgan fingerprint density at radius 3 is 2.63 bits per heavy atom. The number of halogens is 1. The summed E-state index contributed by atoms with van der Waals surface area (Å²) in [7, 11) is 0. The zero-order chi connectivity index (χ0) is 14.0. The maximum atomic E-state index is 11.9. The van der Waals surface area contributed by atoms with Gasteiger partial charge in [-0.05, 0) is 25.8 Å². The molecule has 0 unspecified atom stereocenters. The molecule has 0 saturated heterocycles. The highest BCUT2D eigenvalue weighted by molar-refractivity contribution is 9.09. The van der Waals surface area contributed by atoms with E-state index in [0.717, 1.165) is 12.8 Å². The van der Waals surface area contributed by atoms with Crippen molar-refractivity contribution < 1.29 is 14.3 Å². The molecule has 1 saturated carbocycles. The molecule has 1 aliphatic carbocycles. The zero-order valence-electron chi connectivity index (χ0n) is 10.5. The summed E-state index contributed by atoms with van der Waals surface area (Å²) in [5.41, 5.74) is 0.437. The molecule has 0 atom stereocenters. The largest absolute Gasteiger partial charge is 0.462 e. The Morgan fingerprint density at radius 1 is 1.42 bits per heavy atom. The molecule has 1 fully saturated rings. The summed E-state index contributed by atoms with van der Waals surface area (Å²) in [5, 5.41) is 0.0428. The Morgan fingerprint density at radius 2 is 2.11 bits per heavy atom. The van der Waals surface area contributed by atoms with Crippen LogP contribution in [0.5, 0.6) is 0 Å². The van der Waals surface area contributed by atoms with Crippen molar-refractivity contribution in [2.24, 2.45) is 0 Å². The highest BCUT2D eigenvalue weighted by atomic mass is 79.9. The molecule has 102 valence electrons. The minimum Gasteiger partial charge on any atom is -0.462 e. The fourth-order valence-corrected chi connectivity index (χ4v) is 2.20. The van der Waals surface area contributed by atoms with Crippen LogP contribution in [0.1, 0.15) is 52.1 Å². The Hall–Kier alpha value is -1.43. The van der Waals surface area contributed by atoms with Crippen LogP contribution in [-0.4, -0.2) is 28.7 Å². The van der Waals surface area contributed by atoms with Crippen LogP contribution in [0.2, 0.25) is 0 Å². The molecule has 6 heteroatoms. The molecule has 19 heavy (non-hydrogen) atoms. The van der Waals surface area contributed by atoms with E-state index in [-0.39, 0.29) is 29.2 Å². The van der Waals surface area contributed by atoms with Crippen molar-refractivity contribution in [1.29, 1.82) is 0 Å². The maximum absolute atomic E-state index is 11.9. The first-order valence-electron chi connectivity index (χ1n) is 6.12. The van der Waals surface area contributed by atoms with Gasteiger partial charge in [0.2, 0.25) is 0 Å². The fourth-order valence-electron chi connectivity index (χ4n) is 1.90. The van der Waals surface area contributed by atoms with E-state index in [1.54, 1.807) is 6.92 Å². The molecule has 1 heterocycles. The van der Waals surface area contributed by atoms with Crippen LogP contribution in [0.3, 0.4) is 0 Å². The zero-order valence-corrected chi connectivity index (χ0v) is 12.1. The van der Waals surface area contributed by atoms with Gasteiger partial charge in [-0.25, -0.2) is 4.79 Å². The average molecular weight is 328 g/mol. The standard InChI is InChI=1S/C13H14BrNO4/c1-2-19-13(18)9-5-8(10(16)6-14)12(17)15-11(9)7-3-4-7/h5,7H,2-4,6H2,1H3,(H,15,17). The van der Waals surface area contributed by atoms with E-state index >= 15 is 0 Å². The Kier molecular flexibility index (Phi) is 4.19. The average Bonchev–Trinajstić information content (AvgIpc) is 3.22. The van der Waals surface area contributed by atoms with Crippen molar-refractivity contribution in [3.63, 3.8) is 0 Å². The van der Waals surface area contributed by atoms with E-state index < -0.39 is 11.5 Å². The number of pyridine rings is 1. The molecular weight excluding hydrogens is 314 g/mol. The quantitative estimate of drug-likeness (QED) is 0.510. The number of ketones is 1. The van der Waals surface area contributed by atoms with Gasteiger partial charge in [0.25, 0.3) is 5.56 Å². The first kappa shape index (κ1) is 14.0. The van der Waals surface area contributed by atoms with Crippen LogP contribution in [0.25, 0.3) is 0 Å². The van der Waals surface area contributed by atoms with E-state index in [9.17, 15) is 14.4 Å². The molecule has 0 aliphatic heterocycles. The molecule has 1 aliphatic rings. The van der Waals surface area contributed by atoms with Gasteiger partial charge in [-0.1, -0.05) is 15.9 Å². The Labute approximate surface area is 118 Å². The third kappa shape index (κ3) is 2.94. The first-order chi connectivity index (χ1) is 9.08. The minimum atomic E-state index is -0.496. The molecule has 0 radical (unpaired) electrons. The summed E-state index contributed by atoms with van der Waals surface area (Å²) in [6.07, 6.45) is 1.88. The number of esters is 1. The van der Waals surface area contributed by atoms with Crippen LogP contribution in [0.15, 0.2) is 10.9 Å². The molecule has 5 nitrogen and oxygen atoms in total. The van der Waals surface area contributed by atoms with Gasteiger partial charge in [0.1, 0.15) is 0 Å². The second kappa shape index (κ2) is 5.69. The van der Waals surface area contributed by atoms with Crippen molar-refractivity contribution in [2.75, 3.05) is 11.9 Å². The number of H-pyrrole nitrogens is 1. The van der Waals surface area contributed by atoms with Crippen molar-refractivity contribution in [3.05, 3.63) is 33.2 Å². The molecule has 0 bridgehead atoms. The fraction of sp³-hybridized carbons (Fsp3) is 0.462. The van der Waals surface area contributed by atoms with Crippen molar-refractivity contribution >= 4 is 27.7 Å². The second-order valence-corrected chi connectivity index (χ2v) is 4.95. The highest BCUT2D eigenvalue weighted by Crippen LogP contribution is 2.40. The molecule has 0 amide bonds. The number of carbonyl (C=O) groups excluding carboxylic acids is 2. The number of carbonyl (C=O) groups is 2. The van der Waals surface area contributed by atoms with Crippen LogP contribution in [-0.2, 0) is 4.74 Å². The predicted molar refractivity (Wildman–Crippen MR) is 73.1 cm³/mol. The third-order valence-electron chi connectivity index (χ3n) is 2.97. The van der Waals surface area contributed by atoms with Crippen LogP contribution in [0, 0.1) is 0 Å². The van der Waals surface area contributed by atoms with E-state index in [4.69, 9.17) is 4.74 Å². The SMILES string of the molecule is CCOC(=O)c1cc(C(=O)CBr)c(=O)[nH]c1C1CC1. The van der Waals surface area contributed by atoms with Gasteiger partial charge in [-0.15, -0.1) is 0 Å². The number of aromatic nitrogens is 1. The lowest BCUT2D eigenvalue weighted by Gasteiger charge is -2.09. The maximum Gasteiger partial charge on any atom is 0.339 e. The lowest BCUT2D eigenvalue weighted by Crippen LogP contribution is -2.23. The van der Waals surface area contributed by atoms with Crippen molar-refractivity contribution in [2.45, 2.75) is 25.7 Å². The molecular formula is C13H14BrNO4. The number of Topliss-reactive ketones (excluding diaryl/α,β-unsaturated/α-hetero) is 1. The van der Waals surface area contributed by atoms with Crippen molar-refractivity contribution in [3.8, 4) is 0 Å². The summed E-state index contributed by atoms with van der Waals surface area (Å²) < 4.78 is 4.97. The molecule has 1 aromatic rings. The van der Waals surface area contributed by atoms with E-state index in [1.807, 2.05) is 0 Å². The topological polar surface area (TPSA) is 76.2 Å². The number of rotatable bonds is 5. The van der Waals surface area contributed by atoms with Gasteiger partial charge in [0.15, 0.2) is 5.78 Å². The number of hydrogen-bond acceptors (Lipinski definition) is 4. The van der Waals surface area contributed by atoms with Crippen LogP contribution in [0.4, 0.5) is 0 Å². The van der Waals surface area contributed by atoms with Crippen LogP contribution < -0.4 is 5.56 Å². The van der Waals surface area contributed by atoms with Gasteiger partial charge in [0, 0.05) is 11.6 Å². The van der Waals surface area contributed by atoms with E-state index in [2.05, 4.69) is 20.9 Å². The van der Waals surface area contributed by atoms with Gasteiger partial charge in [-0.3, -0.25) is 9.59 Å². The molecule has 1 aromatic heterocycles. The number of ether oxygens (including phenoxy) is 1. The van der Waals surface area contributed by atoms with Crippen molar-refractivity contribution in [1.82, 2.24) is 4.98 Å². The Balaban J connectivity index is 2.51. The highest BCUT2D eigenvalue weighted by Gasteiger charge is 2.31. The van der Waals surface area contributed by atoms with Gasteiger partial charge >= 0.3 is 5.97 Å². The lowest BCUT2D eigenvalue weighted by molar-refractivity contribution is 0.0524. The monoisotopic (exact) mass is 327 g/mol. The lowest BCUT2D eigenvalue weighted by atomic mass is 10.1. The number of nitrogens with one attached hydrogen (secondary N) is 1. The molecule has 2 rings (SSSR count). The minimum absolute atomic E-state index is 0.00988. The third-order valence-corrected chi connectivity index (χ3v) is 3.48. The molecule has 1 N–H and O–H groups in total. The van der Waals surface area contributed by atoms with Gasteiger partial charge in [0.05, 0.1) is 23.1 Å². The summed E-state index contributed by atoms with van der Waals surface area (Å²) in [5.74, 6) is -0.654. The van der Waals surface area contributed by atoms with Gasteiger partial charge in [-0.2, -0.15) is 0 Å². The van der Waals surface area contributed by atoms with E-state index in [1.165, 1.54) is 6.07 Å². The summed E-state index contributed by atoms with van der Waals surface area (Å²) in [6.45, 7) is 1.97. The van der Waals surface area contributed by atoms with E-state index in [0.29, 0.717) is 11.3 Å². The van der Waals surface area contributed by atoms with Crippen LogP contribution >= 0.6 is 15.9 Å². The first-order valence-corrected chi connectivity index (χ1v) is 7.24. The molecule has 0 spiro atoms. The smallest absolute Gasteiger partial charge is 0.339 e.